The molecule has 1 amide bonds. The Morgan fingerprint density at radius 3 is 2.65 bits per heavy atom. The number of hydrogen-bond donors (Lipinski definition) is 2. The van der Waals surface area contributed by atoms with Gasteiger partial charge in [-0.05, 0) is 74.2 Å². The Morgan fingerprint density at radius 1 is 0.950 bits per heavy atom. The van der Waals surface area contributed by atoms with Gasteiger partial charge in [-0.15, -0.1) is 0 Å². The highest BCUT2D eigenvalue weighted by Gasteiger charge is 2.24. The number of pyridine rings is 1. The van der Waals surface area contributed by atoms with Gasteiger partial charge in [0, 0.05) is 55.2 Å². The quantitative estimate of drug-likeness (QED) is 0.285. The second-order valence-electron chi connectivity index (χ2n) is 10.8. The van der Waals surface area contributed by atoms with Crippen molar-refractivity contribution >= 4 is 28.4 Å². The number of unbranched alkanes of at least 4 members (excludes halogenated alkanes) is 1. The summed E-state index contributed by atoms with van der Waals surface area (Å²) in [7, 11) is 0. The monoisotopic (exact) mass is 539 g/mol. The van der Waals surface area contributed by atoms with E-state index in [4.69, 9.17) is 4.74 Å². The van der Waals surface area contributed by atoms with Crippen molar-refractivity contribution in [3.05, 3.63) is 66.6 Å². The van der Waals surface area contributed by atoms with Crippen molar-refractivity contribution in [2.75, 3.05) is 51.3 Å². The normalized spacial score (nSPS) is 16.9. The number of hydrogen-bond acceptors (Lipinski definition) is 7. The molecule has 5 heterocycles. The average molecular weight is 540 g/mol. The van der Waals surface area contributed by atoms with Gasteiger partial charge in [-0.3, -0.25) is 14.7 Å². The van der Waals surface area contributed by atoms with Crippen LogP contribution in [-0.2, 0) is 4.74 Å². The number of carbonyl (C=O) groups excluding carboxylic acids is 1. The van der Waals surface area contributed by atoms with Gasteiger partial charge in [-0.25, -0.2) is 9.97 Å². The molecule has 9 nitrogen and oxygen atoms in total. The first-order valence-electron chi connectivity index (χ1n) is 14.4. The number of anilines is 2. The summed E-state index contributed by atoms with van der Waals surface area (Å²) < 4.78 is 5.44. The van der Waals surface area contributed by atoms with Crippen molar-refractivity contribution in [3.8, 4) is 11.4 Å². The first kappa shape index (κ1) is 26.4. The van der Waals surface area contributed by atoms with Crippen molar-refractivity contribution in [1.29, 1.82) is 0 Å². The number of amides is 1. The number of fused-ring (bicyclic) bond motifs is 1. The molecule has 40 heavy (non-hydrogen) atoms. The number of aromatic nitrogens is 4. The van der Waals surface area contributed by atoms with Crippen LogP contribution in [0.3, 0.4) is 0 Å². The molecule has 1 aromatic carbocycles. The van der Waals surface area contributed by atoms with Crippen molar-refractivity contribution in [2.45, 2.75) is 32.1 Å². The zero-order valence-corrected chi connectivity index (χ0v) is 22.9. The van der Waals surface area contributed by atoms with Crippen LogP contribution < -0.4 is 5.32 Å². The van der Waals surface area contributed by atoms with E-state index in [0.717, 1.165) is 86.1 Å². The molecule has 0 atom stereocenters. The van der Waals surface area contributed by atoms with Crippen molar-refractivity contribution < 1.29 is 9.53 Å². The van der Waals surface area contributed by atoms with Crippen LogP contribution in [0.15, 0.2) is 60.9 Å². The van der Waals surface area contributed by atoms with E-state index in [2.05, 4.69) is 30.2 Å². The van der Waals surface area contributed by atoms with Crippen molar-refractivity contribution in [3.63, 3.8) is 0 Å². The van der Waals surface area contributed by atoms with E-state index in [1.54, 1.807) is 12.4 Å². The third-order valence-corrected chi connectivity index (χ3v) is 8.03. The molecule has 3 aromatic heterocycles. The lowest BCUT2D eigenvalue weighted by atomic mass is 9.91. The fourth-order valence-corrected chi connectivity index (χ4v) is 5.72. The van der Waals surface area contributed by atoms with E-state index in [-0.39, 0.29) is 5.91 Å². The Morgan fingerprint density at radius 2 is 1.82 bits per heavy atom. The number of ether oxygens (including phenoxy) is 1. The highest BCUT2D eigenvalue weighted by atomic mass is 16.5. The van der Waals surface area contributed by atoms with Crippen LogP contribution in [0.25, 0.3) is 22.3 Å². The van der Waals surface area contributed by atoms with Crippen LogP contribution >= 0.6 is 0 Å². The summed E-state index contributed by atoms with van der Waals surface area (Å²) in [5, 5.41) is 4.26. The number of aromatic amines is 1. The Labute approximate surface area is 235 Å². The second-order valence-corrected chi connectivity index (χ2v) is 10.8. The van der Waals surface area contributed by atoms with Gasteiger partial charge in [0.2, 0.25) is 5.95 Å². The summed E-state index contributed by atoms with van der Waals surface area (Å²) in [5.74, 6) is 1.31. The van der Waals surface area contributed by atoms with E-state index in [0.29, 0.717) is 11.6 Å². The molecular weight excluding hydrogens is 502 g/mol. The van der Waals surface area contributed by atoms with Gasteiger partial charge in [0.05, 0.1) is 24.6 Å². The van der Waals surface area contributed by atoms with Crippen LogP contribution in [0.4, 0.5) is 11.6 Å². The maximum Gasteiger partial charge on any atom is 0.270 e. The number of piperidine rings is 1. The highest BCUT2D eigenvalue weighted by Crippen LogP contribution is 2.26. The lowest BCUT2D eigenvalue weighted by Crippen LogP contribution is -2.38. The third kappa shape index (κ3) is 6.48. The zero-order chi connectivity index (χ0) is 27.1. The number of nitrogens with zero attached hydrogens (tertiary/aromatic N) is 5. The number of morpholine rings is 1. The van der Waals surface area contributed by atoms with Gasteiger partial charge in [0.15, 0.2) is 0 Å². The Balaban J connectivity index is 1.01. The molecule has 0 unspecified atom stereocenters. The topological polar surface area (TPSA) is 99.3 Å². The fourth-order valence-electron chi connectivity index (χ4n) is 5.72. The van der Waals surface area contributed by atoms with Gasteiger partial charge in [-0.2, -0.15) is 0 Å². The van der Waals surface area contributed by atoms with Crippen molar-refractivity contribution in [2.24, 2.45) is 5.92 Å². The van der Waals surface area contributed by atoms with Crippen LogP contribution in [0.2, 0.25) is 0 Å². The van der Waals surface area contributed by atoms with E-state index >= 15 is 0 Å². The van der Waals surface area contributed by atoms with Gasteiger partial charge in [0.25, 0.3) is 5.91 Å². The first-order valence-corrected chi connectivity index (χ1v) is 14.4. The molecule has 2 fully saturated rings. The number of H-pyrrole nitrogens is 1. The molecule has 2 aliphatic rings. The minimum Gasteiger partial charge on any atom is -0.379 e. The molecule has 9 heteroatoms. The molecule has 0 aliphatic carbocycles. The number of rotatable bonds is 9. The largest absolute Gasteiger partial charge is 0.379 e. The van der Waals surface area contributed by atoms with Crippen LogP contribution in [0, 0.1) is 5.92 Å². The second kappa shape index (κ2) is 12.6. The van der Waals surface area contributed by atoms with Gasteiger partial charge in [0.1, 0.15) is 5.69 Å². The molecule has 4 aromatic rings. The molecular formula is C31H37N7O2. The van der Waals surface area contributed by atoms with E-state index in [1.165, 1.54) is 25.8 Å². The number of nitrogens with one attached hydrogen (secondary N) is 2. The highest BCUT2D eigenvalue weighted by molar-refractivity contribution is 5.98. The molecule has 0 radical (unpaired) electrons. The van der Waals surface area contributed by atoms with Crippen LogP contribution in [0.1, 0.15) is 42.6 Å². The number of likely N-dealkylation sites (tertiary alicyclic amines) is 1. The standard InChI is InChI=1S/C31H37N7O2/c39-30(38-15-10-23(11-16-38)5-2-4-14-37-17-19-40-20-18-37)29-22-24-21-25(7-8-26(24)35-29)34-31-33-13-9-28(36-31)27-6-1-3-12-32-27/h1,3,6-9,12-13,21-23,35H,2,4-5,10-11,14-20H2,(H,33,34,36). The van der Waals surface area contributed by atoms with Crippen LogP contribution in [0.5, 0.6) is 0 Å². The van der Waals surface area contributed by atoms with Gasteiger partial charge >= 0.3 is 0 Å². The first-order chi connectivity index (χ1) is 19.7. The summed E-state index contributed by atoms with van der Waals surface area (Å²) in [6.45, 7) is 6.73. The summed E-state index contributed by atoms with van der Waals surface area (Å²) in [4.78, 5) is 34.5. The van der Waals surface area contributed by atoms with Crippen molar-refractivity contribution in [1.82, 2.24) is 29.7 Å². The smallest absolute Gasteiger partial charge is 0.270 e. The fraction of sp³-hybridized carbons (Fsp3) is 0.419. The third-order valence-electron chi connectivity index (χ3n) is 8.03. The van der Waals surface area contributed by atoms with E-state index < -0.39 is 0 Å². The predicted molar refractivity (Wildman–Crippen MR) is 157 cm³/mol. The Bertz CT molecular complexity index is 1410. The van der Waals surface area contributed by atoms with E-state index in [9.17, 15) is 4.79 Å². The lowest BCUT2D eigenvalue weighted by Gasteiger charge is -2.32. The summed E-state index contributed by atoms with van der Waals surface area (Å²) in [6.07, 6.45) is 9.45. The van der Waals surface area contributed by atoms with E-state index in [1.807, 2.05) is 53.4 Å². The molecule has 2 N–H and O–H groups in total. The maximum atomic E-state index is 13.3. The number of benzene rings is 1. The van der Waals surface area contributed by atoms with Gasteiger partial charge < -0.3 is 19.9 Å². The lowest BCUT2D eigenvalue weighted by molar-refractivity contribution is 0.0368. The molecule has 6 rings (SSSR count). The SMILES string of the molecule is O=C(c1cc2cc(Nc3nccc(-c4ccccn4)n3)ccc2[nH]1)N1CCC(CCCCN2CCOCC2)CC1. The minimum atomic E-state index is 0.0860. The molecule has 0 bridgehead atoms. The average Bonchev–Trinajstić information content (AvgIpc) is 3.44. The summed E-state index contributed by atoms with van der Waals surface area (Å²) >= 11 is 0. The Kier molecular flexibility index (Phi) is 8.30. The molecule has 0 spiro atoms. The maximum absolute atomic E-state index is 13.3. The molecule has 0 saturated carbocycles. The molecule has 2 aliphatic heterocycles. The summed E-state index contributed by atoms with van der Waals surface area (Å²) in [6, 6.07) is 15.5. The summed E-state index contributed by atoms with van der Waals surface area (Å²) in [5.41, 5.74) is 3.99. The molecule has 2 saturated heterocycles. The molecule has 208 valence electrons. The minimum absolute atomic E-state index is 0.0860. The Hall–Kier alpha value is -3.82. The van der Waals surface area contributed by atoms with Gasteiger partial charge in [-0.1, -0.05) is 18.9 Å². The predicted octanol–water partition coefficient (Wildman–Crippen LogP) is 5.12. The number of carbonyl (C=O) groups is 1. The van der Waals surface area contributed by atoms with Crippen LogP contribution in [-0.4, -0.2) is 81.6 Å². The zero-order valence-electron chi connectivity index (χ0n) is 22.9.